The van der Waals surface area contributed by atoms with Crippen molar-refractivity contribution in [3.05, 3.63) is 70.7 Å². The molecule has 1 fully saturated rings. The molecular weight excluding hydrogens is 479 g/mol. The summed E-state index contributed by atoms with van der Waals surface area (Å²) in [6.07, 6.45) is 1.42. The summed E-state index contributed by atoms with van der Waals surface area (Å²) in [5.74, 6) is -2.23. The Balaban J connectivity index is 1.36. The fourth-order valence-corrected chi connectivity index (χ4v) is 4.83. The number of anilines is 1. The number of rotatable bonds is 5. The Morgan fingerprint density at radius 2 is 1.89 bits per heavy atom. The van der Waals surface area contributed by atoms with Crippen molar-refractivity contribution in [3.63, 3.8) is 0 Å². The molecular formula is C24H20F3N5O2S. The molecule has 5 rings (SSSR count). The third-order valence-corrected chi connectivity index (χ3v) is 6.65. The lowest BCUT2D eigenvalue weighted by molar-refractivity contribution is 0.00172. The lowest BCUT2D eigenvalue weighted by Crippen LogP contribution is -2.52. The molecule has 2 aromatic carbocycles. The van der Waals surface area contributed by atoms with E-state index in [2.05, 4.69) is 20.3 Å². The molecule has 0 bridgehead atoms. The van der Waals surface area contributed by atoms with Crippen molar-refractivity contribution in [1.29, 1.82) is 0 Å². The van der Waals surface area contributed by atoms with Gasteiger partial charge in [0.05, 0.1) is 46.4 Å². The molecule has 0 spiro atoms. The van der Waals surface area contributed by atoms with Gasteiger partial charge in [-0.2, -0.15) is 0 Å². The maximum atomic E-state index is 13.6. The van der Waals surface area contributed by atoms with Gasteiger partial charge in [-0.15, -0.1) is 11.3 Å². The van der Waals surface area contributed by atoms with Gasteiger partial charge in [0.1, 0.15) is 17.3 Å². The molecule has 11 heteroatoms. The molecule has 35 heavy (non-hydrogen) atoms. The summed E-state index contributed by atoms with van der Waals surface area (Å²) < 4.78 is 46.0. The average Bonchev–Trinajstić information content (AvgIpc) is 3.25. The number of fused-ring (bicyclic) bond motifs is 1. The second kappa shape index (κ2) is 9.59. The van der Waals surface area contributed by atoms with Crippen LogP contribution in [0.5, 0.6) is 0 Å². The van der Waals surface area contributed by atoms with E-state index in [0.717, 1.165) is 22.7 Å². The number of halogens is 3. The van der Waals surface area contributed by atoms with Gasteiger partial charge in [0, 0.05) is 25.2 Å². The van der Waals surface area contributed by atoms with Crippen LogP contribution in [-0.2, 0) is 4.74 Å². The summed E-state index contributed by atoms with van der Waals surface area (Å²) in [6.45, 7) is 3.18. The third kappa shape index (κ3) is 4.82. The summed E-state index contributed by atoms with van der Waals surface area (Å²) in [7, 11) is 0. The topological polar surface area (TPSA) is 80.2 Å². The van der Waals surface area contributed by atoms with Crippen molar-refractivity contribution in [2.24, 2.45) is 0 Å². The van der Waals surface area contributed by atoms with E-state index in [4.69, 9.17) is 4.74 Å². The highest BCUT2D eigenvalue weighted by molar-refractivity contribution is 7.15. The number of aryl methyl sites for hydroxylation is 1. The minimum Gasteiger partial charge on any atom is -0.377 e. The number of nitrogens with one attached hydrogen (secondary N) is 1. The predicted octanol–water partition coefficient (Wildman–Crippen LogP) is 4.43. The molecule has 180 valence electrons. The first kappa shape index (κ1) is 23.2. The van der Waals surface area contributed by atoms with Crippen molar-refractivity contribution in [1.82, 2.24) is 19.9 Å². The zero-order chi connectivity index (χ0) is 24.5. The molecule has 1 amide bonds. The minimum atomic E-state index is -1.00. The third-order valence-electron chi connectivity index (χ3n) is 5.63. The highest BCUT2D eigenvalue weighted by atomic mass is 32.1. The second-order valence-electron chi connectivity index (χ2n) is 8.04. The van der Waals surface area contributed by atoms with Gasteiger partial charge < -0.3 is 15.0 Å². The monoisotopic (exact) mass is 499 g/mol. The number of ether oxygens (including phenoxy) is 1. The number of benzene rings is 2. The van der Waals surface area contributed by atoms with Gasteiger partial charge in [-0.1, -0.05) is 12.1 Å². The summed E-state index contributed by atoms with van der Waals surface area (Å²) in [5, 5.41) is 3.84. The zero-order valence-corrected chi connectivity index (χ0v) is 19.4. The molecule has 1 saturated heterocycles. The second-order valence-corrected chi connectivity index (χ2v) is 9.24. The summed E-state index contributed by atoms with van der Waals surface area (Å²) >= 11 is 1.38. The molecule has 0 aliphatic carbocycles. The Hall–Kier alpha value is -3.57. The Morgan fingerprint density at radius 3 is 2.66 bits per heavy atom. The molecule has 0 saturated carbocycles. The van der Waals surface area contributed by atoms with Crippen molar-refractivity contribution in [3.8, 4) is 10.4 Å². The highest BCUT2D eigenvalue weighted by Gasteiger charge is 2.31. The van der Waals surface area contributed by atoms with Crippen molar-refractivity contribution < 1.29 is 22.7 Å². The van der Waals surface area contributed by atoms with Gasteiger partial charge in [-0.3, -0.25) is 9.78 Å². The first-order valence-corrected chi connectivity index (χ1v) is 11.7. The number of hydrogen-bond donors (Lipinski definition) is 1. The molecule has 7 nitrogen and oxygen atoms in total. The molecule has 1 aliphatic rings. The van der Waals surface area contributed by atoms with E-state index in [-0.39, 0.29) is 28.8 Å². The Morgan fingerprint density at radius 1 is 1.14 bits per heavy atom. The predicted molar refractivity (Wildman–Crippen MR) is 126 cm³/mol. The van der Waals surface area contributed by atoms with Gasteiger partial charge in [0.15, 0.2) is 11.6 Å². The van der Waals surface area contributed by atoms with Gasteiger partial charge in [-0.05, 0) is 24.6 Å². The Labute approximate surface area is 202 Å². The van der Waals surface area contributed by atoms with Crippen LogP contribution < -0.4 is 5.32 Å². The van der Waals surface area contributed by atoms with Crippen LogP contribution in [0.25, 0.3) is 21.5 Å². The largest absolute Gasteiger partial charge is 0.377 e. The van der Waals surface area contributed by atoms with Gasteiger partial charge in [-0.25, -0.2) is 23.1 Å². The van der Waals surface area contributed by atoms with E-state index in [9.17, 15) is 18.0 Å². The summed E-state index contributed by atoms with van der Waals surface area (Å²) in [4.78, 5) is 28.8. The number of aromatic nitrogens is 3. The van der Waals surface area contributed by atoms with Crippen LogP contribution in [0.3, 0.4) is 0 Å². The van der Waals surface area contributed by atoms with Crippen LogP contribution in [0.1, 0.15) is 15.5 Å². The van der Waals surface area contributed by atoms with Crippen LogP contribution in [0.4, 0.5) is 19.0 Å². The Bertz CT molecular complexity index is 1400. The minimum absolute atomic E-state index is 0.212. The smallest absolute Gasteiger partial charge is 0.274 e. The number of amides is 1. The van der Waals surface area contributed by atoms with Crippen LogP contribution >= 0.6 is 11.3 Å². The number of hydrogen-bond acceptors (Lipinski definition) is 7. The number of thiazole rings is 1. The normalized spacial score (nSPS) is 16.0. The number of carbonyl (C=O) groups excluding carboxylic acids is 1. The van der Waals surface area contributed by atoms with Gasteiger partial charge >= 0.3 is 0 Å². The molecule has 4 aromatic rings. The lowest BCUT2D eigenvalue weighted by atomic mass is 10.1. The molecule has 1 unspecified atom stereocenters. The first-order valence-electron chi connectivity index (χ1n) is 10.9. The Kier molecular flexibility index (Phi) is 6.35. The van der Waals surface area contributed by atoms with E-state index in [1.54, 1.807) is 17.0 Å². The van der Waals surface area contributed by atoms with E-state index in [1.165, 1.54) is 29.7 Å². The summed E-state index contributed by atoms with van der Waals surface area (Å²) in [6, 6.07) is 7.61. The number of nitrogens with zero attached hydrogens (tertiary/aromatic N) is 4. The van der Waals surface area contributed by atoms with E-state index >= 15 is 0 Å². The molecule has 1 N–H and O–H groups in total. The maximum Gasteiger partial charge on any atom is 0.274 e. The van der Waals surface area contributed by atoms with Crippen molar-refractivity contribution >= 4 is 34.1 Å². The fraction of sp³-hybridized carbons (Fsp3) is 0.250. The van der Waals surface area contributed by atoms with Gasteiger partial charge in [0.25, 0.3) is 5.91 Å². The molecule has 1 aliphatic heterocycles. The lowest BCUT2D eigenvalue weighted by Gasteiger charge is -2.35. The molecule has 2 aromatic heterocycles. The van der Waals surface area contributed by atoms with Gasteiger partial charge in [0.2, 0.25) is 0 Å². The van der Waals surface area contributed by atoms with Crippen molar-refractivity contribution in [2.75, 3.05) is 31.6 Å². The summed E-state index contributed by atoms with van der Waals surface area (Å²) in [5.41, 5.74) is 1.48. The van der Waals surface area contributed by atoms with Crippen LogP contribution in [0.15, 0.2) is 42.6 Å². The zero-order valence-electron chi connectivity index (χ0n) is 18.6. The molecule has 3 heterocycles. The highest BCUT2D eigenvalue weighted by Crippen LogP contribution is 2.32. The van der Waals surface area contributed by atoms with Crippen LogP contribution in [0, 0.1) is 24.4 Å². The number of carbonyl (C=O) groups is 1. The van der Waals surface area contributed by atoms with E-state index in [0.29, 0.717) is 42.7 Å². The average molecular weight is 500 g/mol. The van der Waals surface area contributed by atoms with Crippen LogP contribution in [0.2, 0.25) is 0 Å². The standard InChI is InChI=1S/C24H20F3N5O2S/c1-13-30-22(23(35-13)14-2-4-15(25)5-3-14)24(33)32-6-7-34-12-16(32)10-29-21-11-28-19-8-17(26)18(27)9-20(19)31-21/h2-5,8-9,11,16H,6-7,10,12H2,1H3,(H,29,31). The van der Waals surface area contributed by atoms with Crippen molar-refractivity contribution in [2.45, 2.75) is 13.0 Å². The maximum absolute atomic E-state index is 13.6. The fourth-order valence-electron chi connectivity index (χ4n) is 3.91. The van der Waals surface area contributed by atoms with Crippen LogP contribution in [-0.4, -0.2) is 58.1 Å². The molecule has 0 radical (unpaired) electrons. The molecule has 1 atom stereocenters. The van der Waals surface area contributed by atoms with E-state index < -0.39 is 11.6 Å². The van der Waals surface area contributed by atoms with E-state index in [1.807, 2.05) is 6.92 Å². The quantitative estimate of drug-likeness (QED) is 0.438. The first-order chi connectivity index (χ1) is 16.9. The number of morpholine rings is 1. The SMILES string of the molecule is Cc1nc(C(=O)N2CCOCC2CNc2cnc3cc(F)c(F)cc3n2)c(-c2ccc(F)cc2)s1.